The molecular formula is C21H29ClN2O. The third-order valence-corrected chi connectivity index (χ3v) is 7.44. The van der Waals surface area contributed by atoms with Crippen molar-refractivity contribution < 1.29 is 4.79 Å². The minimum Gasteiger partial charge on any atom is -0.342 e. The van der Waals surface area contributed by atoms with Crippen molar-refractivity contribution in [2.45, 2.75) is 32.1 Å². The summed E-state index contributed by atoms with van der Waals surface area (Å²) >= 11 is 0. The van der Waals surface area contributed by atoms with Gasteiger partial charge in [0.2, 0.25) is 5.91 Å². The van der Waals surface area contributed by atoms with Crippen LogP contribution in [0.25, 0.3) is 0 Å². The number of nitrogens with one attached hydrogen (secondary N) is 1. The minimum atomic E-state index is -0.101. The van der Waals surface area contributed by atoms with Crippen LogP contribution in [-0.2, 0) is 11.2 Å². The summed E-state index contributed by atoms with van der Waals surface area (Å²) in [6.07, 6.45) is 6.00. The van der Waals surface area contributed by atoms with Gasteiger partial charge in [-0.2, -0.15) is 0 Å². The van der Waals surface area contributed by atoms with Crippen LogP contribution < -0.4 is 5.32 Å². The second kappa shape index (κ2) is 6.59. The zero-order chi connectivity index (χ0) is 16.1. The largest absolute Gasteiger partial charge is 0.342 e. The SMILES string of the molecule is Cl.O=C(N1C[C@H]2CNC[C@H]2C1)C1(Cc2ccccc2)CC2CCC1C2. The minimum absolute atomic E-state index is 0. The second-order valence-corrected chi connectivity index (χ2v) is 8.79. The van der Waals surface area contributed by atoms with Crippen LogP contribution in [0.4, 0.5) is 0 Å². The second-order valence-electron chi connectivity index (χ2n) is 8.79. The predicted octanol–water partition coefficient (Wildman–Crippen LogP) is 3.14. The van der Waals surface area contributed by atoms with Crippen LogP contribution in [0, 0.1) is 29.1 Å². The maximum Gasteiger partial charge on any atom is 0.229 e. The van der Waals surface area contributed by atoms with E-state index in [1.807, 2.05) is 0 Å². The molecule has 0 spiro atoms. The van der Waals surface area contributed by atoms with Crippen molar-refractivity contribution in [1.29, 1.82) is 0 Å². The molecule has 5 rings (SSSR count). The molecule has 2 aliphatic carbocycles. The molecule has 3 nitrogen and oxygen atoms in total. The molecule has 3 unspecified atom stereocenters. The monoisotopic (exact) mass is 360 g/mol. The Hall–Kier alpha value is -1.06. The quantitative estimate of drug-likeness (QED) is 0.898. The van der Waals surface area contributed by atoms with Gasteiger partial charge < -0.3 is 10.2 Å². The number of carbonyl (C=O) groups is 1. The summed E-state index contributed by atoms with van der Waals surface area (Å²) in [4.78, 5) is 16.0. The lowest BCUT2D eigenvalue weighted by Gasteiger charge is -2.39. The fraction of sp³-hybridized carbons (Fsp3) is 0.667. The Kier molecular flexibility index (Phi) is 4.57. The predicted molar refractivity (Wildman–Crippen MR) is 102 cm³/mol. The van der Waals surface area contributed by atoms with E-state index in [2.05, 4.69) is 40.5 Å². The van der Waals surface area contributed by atoms with E-state index in [1.165, 1.54) is 24.8 Å². The first-order valence-electron chi connectivity index (χ1n) is 9.78. The zero-order valence-corrected chi connectivity index (χ0v) is 15.6. The van der Waals surface area contributed by atoms with E-state index in [9.17, 15) is 4.79 Å². The molecule has 4 heteroatoms. The molecule has 5 atom stereocenters. The van der Waals surface area contributed by atoms with Crippen LogP contribution in [-0.4, -0.2) is 37.0 Å². The van der Waals surface area contributed by atoms with Crippen LogP contribution in [0.5, 0.6) is 0 Å². The van der Waals surface area contributed by atoms with Crippen LogP contribution in [0.15, 0.2) is 30.3 Å². The maximum absolute atomic E-state index is 13.7. The first-order chi connectivity index (χ1) is 11.7. The van der Waals surface area contributed by atoms with E-state index in [1.54, 1.807) is 0 Å². The van der Waals surface area contributed by atoms with Gasteiger partial charge in [-0.25, -0.2) is 0 Å². The average molecular weight is 361 g/mol. The molecule has 0 radical (unpaired) electrons. The topological polar surface area (TPSA) is 32.3 Å². The Balaban J connectivity index is 0.00000157. The standard InChI is InChI=1S/C21H28N2O.ClH/c24-20(23-13-17-11-22-12-18(17)14-23)21(9-15-4-2-1-3-5-15)10-16-6-7-19(21)8-16;/h1-5,16-19,22H,6-14H2;1H/t16?,17-,18+,19?,21?;. The molecule has 1 aromatic rings. The molecule has 4 aliphatic rings. The van der Waals surface area contributed by atoms with E-state index < -0.39 is 0 Å². The van der Waals surface area contributed by atoms with E-state index in [0.717, 1.165) is 44.9 Å². The first kappa shape index (κ1) is 17.4. The number of carbonyl (C=O) groups excluding carboxylic acids is 1. The summed E-state index contributed by atoms with van der Waals surface area (Å²) in [5.74, 6) is 3.30. The molecule has 2 saturated heterocycles. The normalized spacial score (nSPS) is 38.6. The highest BCUT2D eigenvalue weighted by molar-refractivity contribution is 5.85. The van der Waals surface area contributed by atoms with Gasteiger partial charge in [0.05, 0.1) is 5.41 Å². The van der Waals surface area contributed by atoms with Crippen molar-refractivity contribution in [3.8, 4) is 0 Å². The molecule has 2 heterocycles. The lowest BCUT2D eigenvalue weighted by atomic mass is 9.68. The number of hydrogen-bond acceptors (Lipinski definition) is 2. The molecule has 0 aromatic heterocycles. The fourth-order valence-electron chi connectivity index (χ4n) is 6.29. The van der Waals surface area contributed by atoms with Gasteiger partial charge in [0.25, 0.3) is 0 Å². The van der Waals surface area contributed by atoms with Crippen molar-refractivity contribution in [2.75, 3.05) is 26.2 Å². The highest BCUT2D eigenvalue weighted by Gasteiger charge is 2.57. The average Bonchev–Trinajstić information content (AvgIpc) is 3.35. The van der Waals surface area contributed by atoms with Gasteiger partial charge in [-0.1, -0.05) is 36.8 Å². The molecule has 2 aliphatic heterocycles. The molecule has 136 valence electrons. The highest BCUT2D eigenvalue weighted by atomic mass is 35.5. The molecular weight excluding hydrogens is 332 g/mol. The third-order valence-electron chi connectivity index (χ3n) is 7.44. The molecule has 2 bridgehead atoms. The highest BCUT2D eigenvalue weighted by Crippen LogP contribution is 2.58. The Morgan fingerprint density at radius 1 is 1.12 bits per heavy atom. The zero-order valence-electron chi connectivity index (χ0n) is 14.8. The van der Waals surface area contributed by atoms with Gasteiger partial charge in [0.1, 0.15) is 0 Å². The van der Waals surface area contributed by atoms with Gasteiger partial charge in [-0.05, 0) is 54.9 Å². The lowest BCUT2D eigenvalue weighted by Crippen LogP contribution is -2.48. The van der Waals surface area contributed by atoms with Crippen LogP contribution >= 0.6 is 12.4 Å². The van der Waals surface area contributed by atoms with Crippen molar-refractivity contribution in [3.05, 3.63) is 35.9 Å². The lowest BCUT2D eigenvalue weighted by molar-refractivity contribution is -0.144. The van der Waals surface area contributed by atoms with Gasteiger partial charge in [-0.15, -0.1) is 12.4 Å². The molecule has 1 aromatic carbocycles. The van der Waals surface area contributed by atoms with Crippen molar-refractivity contribution in [1.82, 2.24) is 10.2 Å². The number of hydrogen-bond donors (Lipinski definition) is 1. The van der Waals surface area contributed by atoms with Gasteiger partial charge in [-0.3, -0.25) is 4.79 Å². The maximum atomic E-state index is 13.7. The van der Waals surface area contributed by atoms with Crippen molar-refractivity contribution in [2.24, 2.45) is 29.1 Å². The number of amides is 1. The number of fused-ring (bicyclic) bond motifs is 3. The van der Waals surface area contributed by atoms with E-state index in [4.69, 9.17) is 0 Å². The molecule has 1 N–H and O–H groups in total. The first-order valence-corrected chi connectivity index (χ1v) is 9.78. The summed E-state index contributed by atoms with van der Waals surface area (Å²) in [6.45, 7) is 4.19. The number of halogens is 1. The van der Waals surface area contributed by atoms with E-state index in [-0.39, 0.29) is 17.8 Å². The molecule has 1 amide bonds. The Bertz CT molecular complexity index is 624. The van der Waals surface area contributed by atoms with E-state index >= 15 is 0 Å². The summed E-state index contributed by atoms with van der Waals surface area (Å²) in [5, 5.41) is 3.49. The summed E-state index contributed by atoms with van der Waals surface area (Å²) in [6, 6.07) is 10.7. The molecule has 2 saturated carbocycles. The van der Waals surface area contributed by atoms with Crippen LogP contribution in [0.1, 0.15) is 31.2 Å². The Morgan fingerprint density at radius 3 is 2.44 bits per heavy atom. The van der Waals surface area contributed by atoms with Gasteiger partial charge >= 0.3 is 0 Å². The summed E-state index contributed by atoms with van der Waals surface area (Å²) in [5.41, 5.74) is 1.25. The van der Waals surface area contributed by atoms with Crippen molar-refractivity contribution in [3.63, 3.8) is 0 Å². The van der Waals surface area contributed by atoms with E-state index in [0.29, 0.717) is 23.7 Å². The third kappa shape index (κ3) is 2.80. The van der Waals surface area contributed by atoms with Crippen LogP contribution in [0.2, 0.25) is 0 Å². The molecule has 4 fully saturated rings. The van der Waals surface area contributed by atoms with Gasteiger partial charge in [0.15, 0.2) is 0 Å². The molecule has 25 heavy (non-hydrogen) atoms. The Morgan fingerprint density at radius 2 is 1.84 bits per heavy atom. The number of likely N-dealkylation sites (tertiary alicyclic amines) is 1. The van der Waals surface area contributed by atoms with Crippen LogP contribution in [0.3, 0.4) is 0 Å². The number of nitrogens with zero attached hydrogens (tertiary/aromatic N) is 1. The summed E-state index contributed by atoms with van der Waals surface area (Å²) in [7, 11) is 0. The smallest absolute Gasteiger partial charge is 0.229 e. The Labute approximate surface area is 157 Å². The fourth-order valence-corrected chi connectivity index (χ4v) is 6.29. The van der Waals surface area contributed by atoms with Crippen molar-refractivity contribution >= 4 is 18.3 Å². The number of benzene rings is 1. The number of rotatable bonds is 3. The van der Waals surface area contributed by atoms with Gasteiger partial charge in [0, 0.05) is 26.2 Å². The summed E-state index contributed by atoms with van der Waals surface area (Å²) < 4.78 is 0.